The van der Waals surface area contributed by atoms with E-state index in [0.717, 1.165) is 5.69 Å². The molecule has 0 saturated carbocycles. The topological polar surface area (TPSA) is 12.9 Å². The molecule has 0 amide bonds. The van der Waals surface area contributed by atoms with Crippen LogP contribution < -0.4 is 0 Å². The number of hydrogen-bond acceptors (Lipinski definition) is 1. The molecule has 2 heteroatoms. The Morgan fingerprint density at radius 2 is 1.75 bits per heavy atom. The highest BCUT2D eigenvalue weighted by Gasteiger charge is 2.13. The van der Waals surface area contributed by atoms with Crippen molar-refractivity contribution < 1.29 is 0 Å². The fraction of sp³-hybridized carbons (Fsp3) is 0.500. The zero-order valence-electron chi connectivity index (χ0n) is 11.3. The van der Waals surface area contributed by atoms with Crippen molar-refractivity contribution in [1.82, 2.24) is 4.98 Å². The monoisotopic (exact) mass is 233 g/mol. The molecule has 0 aliphatic carbocycles. The molecule has 1 aromatic heterocycles. The van der Waals surface area contributed by atoms with Crippen LogP contribution in [0.3, 0.4) is 0 Å². The van der Waals surface area contributed by atoms with E-state index in [9.17, 15) is 0 Å². The molecular formula is C14H23NSi. The van der Waals surface area contributed by atoms with E-state index < -0.39 is 8.07 Å². The van der Waals surface area contributed by atoms with Gasteiger partial charge in [-0.3, -0.25) is 4.98 Å². The van der Waals surface area contributed by atoms with Gasteiger partial charge >= 0.3 is 0 Å². The lowest BCUT2D eigenvalue weighted by molar-refractivity contribution is 0.587. The molecule has 16 heavy (non-hydrogen) atoms. The summed E-state index contributed by atoms with van der Waals surface area (Å²) in [5, 5.41) is 0. The summed E-state index contributed by atoms with van der Waals surface area (Å²) in [6, 6.07) is 4.29. The molecule has 1 nitrogen and oxygen atoms in total. The zero-order chi connectivity index (χ0) is 12.4. The maximum absolute atomic E-state index is 4.48. The van der Waals surface area contributed by atoms with Gasteiger partial charge in [-0.1, -0.05) is 52.2 Å². The van der Waals surface area contributed by atoms with E-state index in [1.165, 1.54) is 5.56 Å². The Morgan fingerprint density at radius 1 is 1.12 bits per heavy atom. The highest BCUT2D eigenvalue weighted by Crippen LogP contribution is 2.21. The second-order valence-corrected chi connectivity index (χ2v) is 11.5. The first-order valence-electron chi connectivity index (χ1n) is 5.84. The first-order valence-corrected chi connectivity index (χ1v) is 9.42. The van der Waals surface area contributed by atoms with Crippen molar-refractivity contribution in [3.05, 3.63) is 35.3 Å². The number of aromatic nitrogens is 1. The molecular weight excluding hydrogens is 210 g/mol. The van der Waals surface area contributed by atoms with Gasteiger partial charge in [0.1, 0.15) is 0 Å². The lowest BCUT2D eigenvalue weighted by atomic mass is 9.88. The Balaban J connectivity index is 2.85. The Hall–Kier alpha value is -0.893. The summed E-state index contributed by atoms with van der Waals surface area (Å²) >= 11 is 0. The number of pyridine rings is 1. The fourth-order valence-corrected chi connectivity index (χ4v) is 1.95. The van der Waals surface area contributed by atoms with Gasteiger partial charge < -0.3 is 0 Å². The maximum atomic E-state index is 4.48. The Kier molecular flexibility index (Phi) is 3.74. The third-order valence-electron chi connectivity index (χ3n) is 2.41. The molecule has 1 aromatic rings. The van der Waals surface area contributed by atoms with Crippen molar-refractivity contribution in [2.45, 2.75) is 45.8 Å². The van der Waals surface area contributed by atoms with Gasteiger partial charge in [0, 0.05) is 6.20 Å². The van der Waals surface area contributed by atoms with Crippen molar-refractivity contribution in [3.63, 3.8) is 0 Å². The van der Waals surface area contributed by atoms with Crippen LogP contribution in [0, 0.1) is 0 Å². The summed E-state index contributed by atoms with van der Waals surface area (Å²) in [5.41, 5.74) is 4.87. The van der Waals surface area contributed by atoms with E-state index in [0.29, 0.717) is 0 Å². The fourth-order valence-electron chi connectivity index (χ4n) is 1.28. The van der Waals surface area contributed by atoms with E-state index >= 15 is 0 Å². The summed E-state index contributed by atoms with van der Waals surface area (Å²) in [6.45, 7) is 13.6. The molecule has 0 fully saturated rings. The lowest BCUT2D eigenvalue weighted by Crippen LogP contribution is -2.15. The molecule has 0 N–H and O–H groups in total. The largest absolute Gasteiger partial charge is 0.257 e. The average molecular weight is 233 g/mol. The van der Waals surface area contributed by atoms with Gasteiger partial charge in [0.2, 0.25) is 0 Å². The Morgan fingerprint density at radius 3 is 2.12 bits per heavy atom. The minimum Gasteiger partial charge on any atom is -0.257 e. The van der Waals surface area contributed by atoms with E-state index in [4.69, 9.17) is 0 Å². The van der Waals surface area contributed by atoms with Gasteiger partial charge in [-0.25, -0.2) is 0 Å². The SMILES string of the molecule is CC(C)(C)c1ccc(C=C[Si](C)(C)C)nc1. The quantitative estimate of drug-likeness (QED) is 0.695. The molecule has 0 radical (unpaired) electrons. The van der Waals surface area contributed by atoms with E-state index in [-0.39, 0.29) is 5.41 Å². The molecule has 0 aliphatic rings. The Bertz CT molecular complexity index is 363. The molecule has 1 rings (SSSR count). The average Bonchev–Trinajstić information content (AvgIpc) is 2.13. The second-order valence-electron chi connectivity index (χ2n) is 6.42. The van der Waals surface area contributed by atoms with Crippen molar-refractivity contribution in [2.75, 3.05) is 0 Å². The summed E-state index contributed by atoms with van der Waals surface area (Å²) < 4.78 is 0. The molecule has 0 aliphatic heterocycles. The molecule has 0 unspecified atom stereocenters. The third-order valence-corrected chi connectivity index (χ3v) is 3.57. The summed E-state index contributed by atoms with van der Waals surface area (Å²) in [6.07, 6.45) is 4.14. The van der Waals surface area contributed by atoms with Crippen LogP contribution in [-0.2, 0) is 5.41 Å². The molecule has 0 spiro atoms. The van der Waals surface area contributed by atoms with Crippen LogP contribution in [0.5, 0.6) is 0 Å². The van der Waals surface area contributed by atoms with Crippen LogP contribution in [0.25, 0.3) is 6.08 Å². The van der Waals surface area contributed by atoms with Gasteiger partial charge in [0.15, 0.2) is 0 Å². The summed E-state index contributed by atoms with van der Waals surface area (Å²) in [7, 11) is -1.11. The molecule has 1 heterocycles. The first-order chi connectivity index (χ1) is 7.18. The van der Waals surface area contributed by atoms with Crippen molar-refractivity contribution >= 4 is 14.1 Å². The molecule has 0 bridgehead atoms. The predicted molar refractivity (Wildman–Crippen MR) is 75.3 cm³/mol. The molecule has 0 aromatic carbocycles. The van der Waals surface area contributed by atoms with E-state index in [1.54, 1.807) is 0 Å². The minimum absolute atomic E-state index is 0.189. The summed E-state index contributed by atoms with van der Waals surface area (Å²) in [4.78, 5) is 4.48. The van der Waals surface area contributed by atoms with Crippen LogP contribution in [0.2, 0.25) is 19.6 Å². The third kappa shape index (κ3) is 4.31. The van der Waals surface area contributed by atoms with Gasteiger partial charge in [-0.05, 0) is 23.1 Å². The lowest BCUT2D eigenvalue weighted by Gasteiger charge is -2.18. The smallest absolute Gasteiger partial charge is 0.0688 e. The second kappa shape index (κ2) is 4.54. The van der Waals surface area contributed by atoms with Gasteiger partial charge in [-0.15, -0.1) is 0 Å². The number of hydrogen-bond donors (Lipinski definition) is 0. The predicted octanol–water partition coefficient (Wildman–Crippen LogP) is 4.27. The van der Waals surface area contributed by atoms with Crippen LogP contribution in [0.4, 0.5) is 0 Å². The van der Waals surface area contributed by atoms with Gasteiger partial charge in [0.05, 0.1) is 13.8 Å². The highest BCUT2D eigenvalue weighted by atomic mass is 28.3. The zero-order valence-corrected chi connectivity index (χ0v) is 12.3. The number of rotatable bonds is 2. The molecule has 0 atom stereocenters. The van der Waals surface area contributed by atoms with Crippen molar-refractivity contribution in [2.24, 2.45) is 0 Å². The molecule has 0 saturated heterocycles. The standard InChI is InChI=1S/C14H23NSi/c1-14(2,3)12-7-8-13(15-11-12)9-10-16(4,5)6/h7-11H,1-6H3. The van der Waals surface area contributed by atoms with E-state index in [2.05, 4.69) is 69.3 Å². The molecule has 88 valence electrons. The van der Waals surface area contributed by atoms with Crippen LogP contribution in [0.1, 0.15) is 32.0 Å². The maximum Gasteiger partial charge on any atom is 0.0688 e. The van der Waals surface area contributed by atoms with Crippen LogP contribution in [0.15, 0.2) is 24.0 Å². The van der Waals surface area contributed by atoms with Crippen LogP contribution in [-0.4, -0.2) is 13.1 Å². The number of nitrogens with zero attached hydrogens (tertiary/aromatic N) is 1. The highest BCUT2D eigenvalue weighted by molar-refractivity contribution is 6.81. The summed E-state index contributed by atoms with van der Waals surface area (Å²) in [5.74, 6) is 0. The van der Waals surface area contributed by atoms with Crippen molar-refractivity contribution in [3.8, 4) is 0 Å². The minimum atomic E-state index is -1.11. The van der Waals surface area contributed by atoms with Crippen LogP contribution >= 0.6 is 0 Å². The van der Waals surface area contributed by atoms with Gasteiger partial charge in [0.25, 0.3) is 0 Å². The first kappa shape index (κ1) is 13.2. The van der Waals surface area contributed by atoms with Crippen molar-refractivity contribution in [1.29, 1.82) is 0 Å². The normalized spacial score (nSPS) is 13.4. The van der Waals surface area contributed by atoms with E-state index in [1.807, 2.05) is 6.20 Å². The Labute approximate surface area is 101 Å². The van der Waals surface area contributed by atoms with Gasteiger partial charge in [-0.2, -0.15) is 0 Å².